The predicted molar refractivity (Wildman–Crippen MR) is 104 cm³/mol. The standard InChI is InChI=1S/C22H19FN2O3/c23-17-11-12-18(19(24)13-17)22(27)28-14-20(26)25-21(15-7-3-1-4-8-15)16-9-5-2-6-10-16/h1-13,21H,14,24H2,(H,25,26). The molecule has 0 unspecified atom stereocenters. The molecule has 0 aliphatic heterocycles. The van der Waals surface area contributed by atoms with Crippen molar-refractivity contribution in [1.29, 1.82) is 0 Å². The van der Waals surface area contributed by atoms with Crippen LogP contribution < -0.4 is 11.1 Å². The van der Waals surface area contributed by atoms with Gasteiger partial charge in [0.2, 0.25) is 0 Å². The van der Waals surface area contributed by atoms with Crippen molar-refractivity contribution >= 4 is 17.6 Å². The van der Waals surface area contributed by atoms with E-state index in [0.717, 1.165) is 23.3 Å². The number of ether oxygens (including phenoxy) is 1. The summed E-state index contributed by atoms with van der Waals surface area (Å²) in [6, 6.07) is 21.9. The van der Waals surface area contributed by atoms with E-state index in [-0.39, 0.29) is 17.3 Å². The first-order chi connectivity index (χ1) is 13.5. The van der Waals surface area contributed by atoms with Crippen LogP contribution in [0.15, 0.2) is 78.9 Å². The molecule has 0 saturated heterocycles. The van der Waals surface area contributed by atoms with Crippen molar-refractivity contribution < 1.29 is 18.7 Å². The summed E-state index contributed by atoms with van der Waals surface area (Å²) in [7, 11) is 0. The maximum atomic E-state index is 13.1. The number of carbonyl (C=O) groups is 2. The van der Waals surface area contributed by atoms with Crippen LogP contribution in [0.5, 0.6) is 0 Å². The second-order valence-electron chi connectivity index (χ2n) is 6.13. The highest BCUT2D eigenvalue weighted by Crippen LogP contribution is 2.21. The van der Waals surface area contributed by atoms with Gasteiger partial charge in [-0.15, -0.1) is 0 Å². The molecule has 0 spiro atoms. The fraction of sp³-hybridized carbons (Fsp3) is 0.0909. The van der Waals surface area contributed by atoms with Crippen LogP contribution in [-0.2, 0) is 9.53 Å². The van der Waals surface area contributed by atoms with E-state index in [9.17, 15) is 14.0 Å². The Kier molecular flexibility index (Phi) is 6.01. The minimum atomic E-state index is -0.788. The molecule has 5 nitrogen and oxygen atoms in total. The van der Waals surface area contributed by atoms with E-state index in [1.54, 1.807) is 0 Å². The van der Waals surface area contributed by atoms with Crippen LogP contribution in [0.3, 0.4) is 0 Å². The molecule has 0 atom stereocenters. The molecule has 0 radical (unpaired) electrons. The van der Waals surface area contributed by atoms with Crippen molar-refractivity contribution in [2.75, 3.05) is 12.3 Å². The number of nitrogen functional groups attached to an aromatic ring is 1. The Bertz CT molecular complexity index is 923. The van der Waals surface area contributed by atoms with Gasteiger partial charge in [0.15, 0.2) is 6.61 Å². The third kappa shape index (κ3) is 4.73. The van der Waals surface area contributed by atoms with E-state index < -0.39 is 24.3 Å². The summed E-state index contributed by atoms with van der Waals surface area (Å²) in [6.45, 7) is -0.480. The van der Waals surface area contributed by atoms with E-state index >= 15 is 0 Å². The molecule has 0 bridgehead atoms. The third-order valence-corrected chi connectivity index (χ3v) is 4.14. The van der Waals surface area contributed by atoms with Gasteiger partial charge in [-0.2, -0.15) is 0 Å². The van der Waals surface area contributed by atoms with E-state index in [0.29, 0.717) is 0 Å². The summed E-state index contributed by atoms with van der Waals surface area (Å²) in [5.74, 6) is -1.81. The van der Waals surface area contributed by atoms with Crippen molar-refractivity contribution in [2.24, 2.45) is 0 Å². The van der Waals surface area contributed by atoms with Gasteiger partial charge in [-0.25, -0.2) is 9.18 Å². The monoisotopic (exact) mass is 378 g/mol. The number of anilines is 1. The van der Waals surface area contributed by atoms with Crippen LogP contribution in [0.2, 0.25) is 0 Å². The number of hydrogen-bond donors (Lipinski definition) is 2. The van der Waals surface area contributed by atoms with Gasteiger partial charge in [0.25, 0.3) is 5.91 Å². The SMILES string of the molecule is Nc1cc(F)ccc1C(=O)OCC(=O)NC(c1ccccc1)c1ccccc1. The summed E-state index contributed by atoms with van der Waals surface area (Å²) in [6.07, 6.45) is 0. The minimum absolute atomic E-state index is 0.0110. The Hall–Kier alpha value is -3.67. The predicted octanol–water partition coefficient (Wildman–Crippen LogP) is 3.47. The van der Waals surface area contributed by atoms with Crippen LogP contribution in [0.4, 0.5) is 10.1 Å². The second-order valence-corrected chi connectivity index (χ2v) is 6.13. The number of esters is 1. The summed E-state index contributed by atoms with van der Waals surface area (Å²) in [5.41, 5.74) is 7.38. The van der Waals surface area contributed by atoms with E-state index in [4.69, 9.17) is 10.5 Å². The smallest absolute Gasteiger partial charge is 0.340 e. The molecule has 1 amide bonds. The Morgan fingerprint density at radius 3 is 2.04 bits per heavy atom. The third-order valence-electron chi connectivity index (χ3n) is 4.14. The molecule has 6 heteroatoms. The van der Waals surface area contributed by atoms with E-state index in [1.165, 1.54) is 6.07 Å². The first kappa shape index (κ1) is 19.1. The van der Waals surface area contributed by atoms with Gasteiger partial charge in [0, 0.05) is 5.69 Å². The maximum Gasteiger partial charge on any atom is 0.340 e. The summed E-state index contributed by atoms with van der Waals surface area (Å²) >= 11 is 0. The number of nitrogens with two attached hydrogens (primary N) is 1. The van der Waals surface area contributed by atoms with Crippen molar-refractivity contribution in [3.63, 3.8) is 0 Å². The highest BCUT2D eigenvalue weighted by atomic mass is 19.1. The minimum Gasteiger partial charge on any atom is -0.452 e. The molecule has 3 aromatic carbocycles. The van der Waals surface area contributed by atoms with E-state index in [1.807, 2.05) is 60.7 Å². The van der Waals surface area contributed by atoms with Crippen LogP contribution in [0.25, 0.3) is 0 Å². The molecule has 3 rings (SSSR count). The topological polar surface area (TPSA) is 81.4 Å². The number of rotatable bonds is 6. The molecular weight excluding hydrogens is 359 g/mol. The summed E-state index contributed by atoms with van der Waals surface area (Å²) in [5, 5.41) is 2.87. The van der Waals surface area contributed by atoms with Gasteiger partial charge in [-0.1, -0.05) is 60.7 Å². The van der Waals surface area contributed by atoms with Crippen LogP contribution in [-0.4, -0.2) is 18.5 Å². The molecular formula is C22H19FN2O3. The summed E-state index contributed by atoms with van der Waals surface area (Å²) in [4.78, 5) is 24.5. The lowest BCUT2D eigenvalue weighted by Gasteiger charge is -2.20. The zero-order chi connectivity index (χ0) is 19.9. The van der Waals surface area contributed by atoms with Crippen molar-refractivity contribution in [3.8, 4) is 0 Å². The van der Waals surface area contributed by atoms with Crippen molar-refractivity contribution in [3.05, 3.63) is 101 Å². The maximum absolute atomic E-state index is 13.1. The zero-order valence-corrected chi connectivity index (χ0v) is 15.0. The molecule has 28 heavy (non-hydrogen) atoms. The fourth-order valence-electron chi connectivity index (χ4n) is 2.78. The number of amides is 1. The Morgan fingerprint density at radius 2 is 1.50 bits per heavy atom. The van der Waals surface area contributed by atoms with E-state index in [2.05, 4.69) is 5.32 Å². The Morgan fingerprint density at radius 1 is 0.929 bits per heavy atom. The molecule has 3 N–H and O–H groups in total. The van der Waals surface area contributed by atoms with Crippen molar-refractivity contribution in [1.82, 2.24) is 5.32 Å². The highest BCUT2D eigenvalue weighted by Gasteiger charge is 2.19. The normalized spacial score (nSPS) is 10.5. The lowest BCUT2D eigenvalue weighted by Crippen LogP contribution is -2.33. The van der Waals surface area contributed by atoms with Crippen LogP contribution in [0, 0.1) is 5.82 Å². The molecule has 0 heterocycles. The molecule has 3 aromatic rings. The molecule has 0 fully saturated rings. The second kappa shape index (κ2) is 8.81. The number of hydrogen-bond acceptors (Lipinski definition) is 4. The molecule has 142 valence electrons. The molecule has 0 aliphatic rings. The molecule has 0 aromatic heterocycles. The molecule has 0 saturated carbocycles. The van der Waals surface area contributed by atoms with Crippen LogP contribution in [0.1, 0.15) is 27.5 Å². The molecule has 0 aliphatic carbocycles. The quantitative estimate of drug-likeness (QED) is 0.508. The van der Waals surface area contributed by atoms with Gasteiger partial charge in [0.1, 0.15) is 5.82 Å². The average molecular weight is 378 g/mol. The first-order valence-electron chi connectivity index (χ1n) is 8.66. The lowest BCUT2D eigenvalue weighted by atomic mass is 9.99. The lowest BCUT2D eigenvalue weighted by molar-refractivity contribution is -0.124. The fourth-order valence-corrected chi connectivity index (χ4v) is 2.78. The zero-order valence-electron chi connectivity index (χ0n) is 15.0. The first-order valence-corrected chi connectivity index (χ1v) is 8.66. The number of benzene rings is 3. The number of carbonyl (C=O) groups excluding carboxylic acids is 2. The Balaban J connectivity index is 1.68. The largest absolute Gasteiger partial charge is 0.452 e. The van der Waals surface area contributed by atoms with Crippen molar-refractivity contribution in [2.45, 2.75) is 6.04 Å². The van der Waals surface area contributed by atoms with Gasteiger partial charge in [0.05, 0.1) is 11.6 Å². The summed E-state index contributed by atoms with van der Waals surface area (Å²) < 4.78 is 18.1. The average Bonchev–Trinajstić information content (AvgIpc) is 2.71. The Labute approximate surface area is 161 Å². The number of nitrogens with one attached hydrogen (secondary N) is 1. The van der Waals surface area contributed by atoms with Gasteiger partial charge in [-0.3, -0.25) is 4.79 Å². The van der Waals surface area contributed by atoms with Gasteiger partial charge < -0.3 is 15.8 Å². The highest BCUT2D eigenvalue weighted by molar-refractivity contribution is 5.96. The van der Waals surface area contributed by atoms with Gasteiger partial charge in [-0.05, 0) is 29.3 Å². The van der Waals surface area contributed by atoms with Crippen LogP contribution >= 0.6 is 0 Å². The van der Waals surface area contributed by atoms with Gasteiger partial charge >= 0.3 is 5.97 Å². The number of halogens is 1.